The minimum absolute atomic E-state index is 0. The molecule has 130 valence electrons. The zero-order valence-corrected chi connectivity index (χ0v) is 15.6. The van der Waals surface area contributed by atoms with Gasteiger partial charge in [0.05, 0.1) is 23.7 Å². The van der Waals surface area contributed by atoms with E-state index in [1.54, 1.807) is 0 Å². The molecule has 4 nitrogen and oxygen atoms in total. The van der Waals surface area contributed by atoms with Crippen molar-refractivity contribution >= 4 is 35.4 Å². The molecule has 1 aromatic carbocycles. The van der Waals surface area contributed by atoms with Crippen molar-refractivity contribution in [1.29, 1.82) is 0 Å². The predicted octanol–water partition coefficient (Wildman–Crippen LogP) is 4.15. The standard InChI is InChI=1S/C19H24N2O2.ClH/c1-13(20-4)16-9-8-15-7-6-14(12-17(15)21-16)10-11-19(2,3)18(22)23-5;/h6-13,20H,1-5H3;1H/b11-10+;/t13-;/m1./s1. The molecule has 0 fully saturated rings. The van der Waals surface area contributed by atoms with Crippen molar-refractivity contribution in [2.24, 2.45) is 5.41 Å². The van der Waals surface area contributed by atoms with Crippen LogP contribution in [0.15, 0.2) is 36.4 Å². The maximum absolute atomic E-state index is 11.7. The summed E-state index contributed by atoms with van der Waals surface area (Å²) in [6.07, 6.45) is 3.80. The summed E-state index contributed by atoms with van der Waals surface area (Å²) in [4.78, 5) is 16.4. The SMILES string of the molecule is CN[C@H](C)c1ccc2ccc(/C=C/C(C)(C)C(=O)OC)cc2n1.Cl. The minimum Gasteiger partial charge on any atom is -0.468 e. The van der Waals surface area contributed by atoms with Crippen LogP contribution in [0.25, 0.3) is 17.0 Å². The third kappa shape index (κ3) is 4.56. The van der Waals surface area contributed by atoms with Crippen LogP contribution in [0.5, 0.6) is 0 Å². The number of nitrogens with one attached hydrogen (secondary N) is 1. The number of esters is 1. The van der Waals surface area contributed by atoms with Crippen LogP contribution >= 0.6 is 12.4 Å². The van der Waals surface area contributed by atoms with Crippen LogP contribution in [0, 0.1) is 5.41 Å². The first-order chi connectivity index (χ1) is 10.9. The molecule has 5 heteroatoms. The van der Waals surface area contributed by atoms with Crippen LogP contribution in [-0.2, 0) is 9.53 Å². The Balaban J connectivity index is 0.00000288. The highest BCUT2D eigenvalue weighted by atomic mass is 35.5. The Morgan fingerprint density at radius 3 is 2.58 bits per heavy atom. The zero-order valence-electron chi connectivity index (χ0n) is 14.8. The van der Waals surface area contributed by atoms with E-state index in [1.165, 1.54) is 7.11 Å². The van der Waals surface area contributed by atoms with E-state index in [9.17, 15) is 4.79 Å². The first kappa shape index (κ1) is 20.1. The molecule has 1 heterocycles. The Morgan fingerprint density at radius 1 is 1.29 bits per heavy atom. The minimum atomic E-state index is -0.653. The van der Waals surface area contributed by atoms with Gasteiger partial charge < -0.3 is 10.1 Å². The first-order valence-electron chi connectivity index (χ1n) is 7.73. The number of methoxy groups -OCH3 is 1. The number of pyridine rings is 1. The first-order valence-corrected chi connectivity index (χ1v) is 7.73. The summed E-state index contributed by atoms with van der Waals surface area (Å²) >= 11 is 0. The van der Waals surface area contributed by atoms with E-state index in [0.717, 1.165) is 22.2 Å². The molecule has 0 amide bonds. The van der Waals surface area contributed by atoms with Crippen molar-refractivity contribution in [1.82, 2.24) is 10.3 Å². The number of fused-ring (bicyclic) bond motifs is 1. The lowest BCUT2D eigenvalue weighted by molar-refractivity contribution is -0.148. The molecule has 0 aliphatic heterocycles. The lowest BCUT2D eigenvalue weighted by Gasteiger charge is -2.16. The van der Waals surface area contributed by atoms with Crippen molar-refractivity contribution in [3.8, 4) is 0 Å². The number of hydrogen-bond acceptors (Lipinski definition) is 4. The van der Waals surface area contributed by atoms with Gasteiger partial charge in [-0.3, -0.25) is 9.78 Å². The fourth-order valence-electron chi connectivity index (χ4n) is 2.28. The van der Waals surface area contributed by atoms with E-state index < -0.39 is 5.41 Å². The van der Waals surface area contributed by atoms with E-state index in [1.807, 2.05) is 57.3 Å². The number of halogens is 1. The van der Waals surface area contributed by atoms with Gasteiger partial charge in [0.2, 0.25) is 0 Å². The average Bonchev–Trinajstić information content (AvgIpc) is 2.57. The number of benzene rings is 1. The number of aromatic nitrogens is 1. The molecule has 1 N–H and O–H groups in total. The van der Waals surface area contributed by atoms with E-state index >= 15 is 0 Å². The Bertz CT molecular complexity index is 741. The van der Waals surface area contributed by atoms with Gasteiger partial charge in [-0.2, -0.15) is 0 Å². The molecule has 0 radical (unpaired) electrons. The summed E-state index contributed by atoms with van der Waals surface area (Å²) in [6.45, 7) is 5.75. The molecule has 24 heavy (non-hydrogen) atoms. The molecule has 0 bridgehead atoms. The van der Waals surface area contributed by atoms with Crippen LogP contribution in [0.4, 0.5) is 0 Å². The third-order valence-electron chi connectivity index (χ3n) is 4.02. The number of hydrogen-bond donors (Lipinski definition) is 1. The summed E-state index contributed by atoms with van der Waals surface area (Å²) < 4.78 is 4.82. The van der Waals surface area contributed by atoms with Crippen molar-refractivity contribution in [2.45, 2.75) is 26.8 Å². The largest absolute Gasteiger partial charge is 0.468 e. The smallest absolute Gasteiger partial charge is 0.315 e. The molecule has 2 aromatic rings. The van der Waals surface area contributed by atoms with E-state index in [4.69, 9.17) is 9.72 Å². The van der Waals surface area contributed by atoms with Gasteiger partial charge in [0.1, 0.15) is 0 Å². The third-order valence-corrected chi connectivity index (χ3v) is 4.02. The quantitative estimate of drug-likeness (QED) is 0.825. The Hall–Kier alpha value is -1.91. The topological polar surface area (TPSA) is 51.2 Å². The molecule has 1 aromatic heterocycles. The van der Waals surface area contributed by atoms with Crippen molar-refractivity contribution in [3.63, 3.8) is 0 Å². The second-order valence-corrected chi connectivity index (χ2v) is 6.25. The lowest BCUT2D eigenvalue weighted by atomic mass is 9.92. The number of carbonyl (C=O) groups is 1. The summed E-state index contributed by atoms with van der Waals surface area (Å²) in [5.74, 6) is -0.252. The summed E-state index contributed by atoms with van der Waals surface area (Å²) in [5, 5.41) is 4.30. The maximum Gasteiger partial charge on any atom is 0.315 e. The Morgan fingerprint density at radius 2 is 1.96 bits per heavy atom. The molecule has 0 aliphatic carbocycles. The summed E-state index contributed by atoms with van der Waals surface area (Å²) in [5.41, 5.74) is 2.31. The van der Waals surface area contributed by atoms with Crippen LogP contribution < -0.4 is 5.32 Å². The van der Waals surface area contributed by atoms with Gasteiger partial charge in [0, 0.05) is 11.4 Å². The number of nitrogens with zero attached hydrogens (tertiary/aromatic N) is 1. The van der Waals surface area contributed by atoms with E-state index in [2.05, 4.69) is 18.3 Å². The van der Waals surface area contributed by atoms with Crippen molar-refractivity contribution in [2.75, 3.05) is 14.2 Å². The highest BCUT2D eigenvalue weighted by molar-refractivity contribution is 5.85. The molecule has 1 atom stereocenters. The summed E-state index contributed by atoms with van der Waals surface area (Å²) in [7, 11) is 3.33. The maximum atomic E-state index is 11.7. The average molecular weight is 349 g/mol. The fraction of sp³-hybridized carbons (Fsp3) is 0.368. The molecule has 0 spiro atoms. The van der Waals surface area contributed by atoms with Crippen molar-refractivity contribution < 1.29 is 9.53 Å². The van der Waals surface area contributed by atoms with Gasteiger partial charge in [-0.25, -0.2) is 0 Å². The van der Waals surface area contributed by atoms with Crippen LogP contribution in [-0.4, -0.2) is 25.1 Å². The van der Waals surface area contributed by atoms with Gasteiger partial charge in [-0.05, 0) is 45.5 Å². The van der Waals surface area contributed by atoms with Gasteiger partial charge in [0.25, 0.3) is 0 Å². The van der Waals surface area contributed by atoms with Crippen LogP contribution in [0.2, 0.25) is 0 Å². The van der Waals surface area contributed by atoms with Crippen molar-refractivity contribution in [3.05, 3.63) is 47.7 Å². The van der Waals surface area contributed by atoms with Gasteiger partial charge in [-0.15, -0.1) is 12.4 Å². The summed E-state index contributed by atoms with van der Waals surface area (Å²) in [6, 6.07) is 10.4. The second-order valence-electron chi connectivity index (χ2n) is 6.25. The highest BCUT2D eigenvalue weighted by Crippen LogP contribution is 2.23. The lowest BCUT2D eigenvalue weighted by Crippen LogP contribution is -2.22. The molecular formula is C19H25ClN2O2. The molecule has 2 rings (SSSR count). The van der Waals surface area contributed by atoms with E-state index in [-0.39, 0.29) is 24.4 Å². The second kappa shape index (κ2) is 8.27. The number of rotatable bonds is 5. The molecular weight excluding hydrogens is 324 g/mol. The monoisotopic (exact) mass is 348 g/mol. The normalized spacial score (nSPS) is 12.9. The Kier molecular flexibility index (Phi) is 6.93. The number of carbonyl (C=O) groups excluding carboxylic acids is 1. The van der Waals surface area contributed by atoms with Crippen LogP contribution in [0.1, 0.15) is 38.1 Å². The fourth-order valence-corrected chi connectivity index (χ4v) is 2.28. The Labute approximate surface area is 149 Å². The zero-order chi connectivity index (χ0) is 17.0. The molecule has 0 saturated heterocycles. The van der Waals surface area contributed by atoms with Gasteiger partial charge in [0.15, 0.2) is 0 Å². The van der Waals surface area contributed by atoms with Gasteiger partial charge >= 0.3 is 5.97 Å². The highest BCUT2D eigenvalue weighted by Gasteiger charge is 2.24. The molecule has 0 saturated carbocycles. The molecule has 0 unspecified atom stereocenters. The number of ether oxygens (including phenoxy) is 1. The van der Waals surface area contributed by atoms with E-state index in [0.29, 0.717) is 0 Å². The predicted molar refractivity (Wildman–Crippen MR) is 101 cm³/mol. The van der Waals surface area contributed by atoms with Crippen LogP contribution in [0.3, 0.4) is 0 Å². The molecule has 0 aliphatic rings. The van der Waals surface area contributed by atoms with Gasteiger partial charge in [-0.1, -0.05) is 30.4 Å².